The highest BCUT2D eigenvalue weighted by Gasteiger charge is 2.29. The number of methoxy groups -OCH3 is 1. The van der Waals surface area contributed by atoms with Gasteiger partial charge in [-0.15, -0.1) is 11.3 Å². The average Bonchev–Trinajstić information content (AvgIpc) is 3.00. The summed E-state index contributed by atoms with van der Waals surface area (Å²) in [5.74, 6) is 5.17. The number of likely N-dealkylation sites (tertiary alicyclic amines) is 1. The van der Waals surface area contributed by atoms with E-state index in [0.29, 0.717) is 25.2 Å². The first-order valence-electron chi connectivity index (χ1n) is 6.80. The van der Waals surface area contributed by atoms with Crippen molar-refractivity contribution in [1.82, 2.24) is 4.90 Å². The molecule has 1 saturated heterocycles. The molecule has 112 valence electrons. The summed E-state index contributed by atoms with van der Waals surface area (Å²) in [7, 11) is 1.38. The van der Waals surface area contributed by atoms with E-state index in [1.54, 1.807) is 16.3 Å². The van der Waals surface area contributed by atoms with Gasteiger partial charge in [0, 0.05) is 18.5 Å². The molecule has 1 aliphatic rings. The zero-order valence-electron chi connectivity index (χ0n) is 11.9. The van der Waals surface area contributed by atoms with E-state index >= 15 is 0 Å². The molecule has 1 fully saturated rings. The van der Waals surface area contributed by atoms with Gasteiger partial charge in [0.2, 0.25) is 0 Å². The fourth-order valence-electron chi connectivity index (χ4n) is 2.36. The van der Waals surface area contributed by atoms with Crippen LogP contribution in [-0.4, -0.2) is 43.5 Å². The van der Waals surface area contributed by atoms with Gasteiger partial charge in [-0.2, -0.15) is 0 Å². The van der Waals surface area contributed by atoms with E-state index in [-0.39, 0.29) is 17.8 Å². The highest BCUT2D eigenvalue weighted by Crippen LogP contribution is 2.21. The van der Waals surface area contributed by atoms with E-state index in [1.807, 2.05) is 0 Å². The Bertz CT molecular complexity index is 585. The summed E-state index contributed by atoms with van der Waals surface area (Å²) >= 11 is 1.43. The lowest BCUT2D eigenvalue weighted by molar-refractivity contribution is -0.146. The first-order chi connectivity index (χ1) is 10.2. The summed E-state index contributed by atoms with van der Waals surface area (Å²) < 4.78 is 4.77. The van der Waals surface area contributed by atoms with Gasteiger partial charge in [-0.3, -0.25) is 9.59 Å². The summed E-state index contributed by atoms with van der Waals surface area (Å²) in [6.45, 7) is 1.39. The van der Waals surface area contributed by atoms with Crippen molar-refractivity contribution in [2.24, 2.45) is 11.7 Å². The third kappa shape index (κ3) is 3.84. The number of ether oxygens (including phenoxy) is 1. The third-order valence-corrected chi connectivity index (χ3v) is 4.25. The number of carbonyl (C=O) groups is 2. The van der Waals surface area contributed by atoms with E-state index in [0.717, 1.165) is 17.7 Å². The van der Waals surface area contributed by atoms with Crippen LogP contribution in [0.15, 0.2) is 11.4 Å². The molecule has 0 aliphatic carbocycles. The largest absolute Gasteiger partial charge is 0.469 e. The Labute approximate surface area is 128 Å². The molecule has 0 bridgehead atoms. The topological polar surface area (TPSA) is 72.6 Å². The van der Waals surface area contributed by atoms with Gasteiger partial charge in [0.1, 0.15) is 0 Å². The Morgan fingerprint density at radius 3 is 3.10 bits per heavy atom. The summed E-state index contributed by atoms with van der Waals surface area (Å²) in [5.41, 5.74) is 5.95. The molecule has 1 atom stereocenters. The smallest absolute Gasteiger partial charge is 0.310 e. The second kappa shape index (κ2) is 7.25. The Kier molecular flexibility index (Phi) is 5.37. The van der Waals surface area contributed by atoms with Crippen LogP contribution in [0.1, 0.15) is 28.1 Å². The molecule has 1 aromatic heterocycles. The zero-order valence-corrected chi connectivity index (χ0v) is 12.7. The number of hydrogen-bond acceptors (Lipinski definition) is 5. The number of rotatable bonds is 2. The average molecular weight is 306 g/mol. The van der Waals surface area contributed by atoms with Crippen molar-refractivity contribution in [3.8, 4) is 11.8 Å². The molecule has 5 nitrogen and oxygen atoms in total. The van der Waals surface area contributed by atoms with Gasteiger partial charge in [0.15, 0.2) is 0 Å². The van der Waals surface area contributed by atoms with Crippen LogP contribution < -0.4 is 5.73 Å². The van der Waals surface area contributed by atoms with Gasteiger partial charge in [-0.1, -0.05) is 11.8 Å². The summed E-state index contributed by atoms with van der Waals surface area (Å²) in [5, 5.41) is 1.80. The van der Waals surface area contributed by atoms with Crippen LogP contribution in [0.2, 0.25) is 0 Å². The first kappa shape index (κ1) is 15.5. The third-order valence-electron chi connectivity index (χ3n) is 3.40. The molecule has 2 N–H and O–H groups in total. The minimum absolute atomic E-state index is 0.0550. The van der Waals surface area contributed by atoms with E-state index in [1.165, 1.54) is 18.4 Å². The summed E-state index contributed by atoms with van der Waals surface area (Å²) in [4.78, 5) is 26.6. The zero-order chi connectivity index (χ0) is 15.2. The highest BCUT2D eigenvalue weighted by atomic mass is 32.1. The fourth-order valence-corrected chi connectivity index (χ4v) is 3.10. The standard InChI is InChI=1S/C15H18N2O3S/c1-20-15(19)11-4-3-7-17(9-11)14(18)12-8-13(21-10-12)5-2-6-16/h8,10-11H,3-4,6-7,9,16H2,1H3. The highest BCUT2D eigenvalue weighted by molar-refractivity contribution is 7.10. The molecule has 1 amide bonds. The maximum Gasteiger partial charge on any atom is 0.310 e. The molecule has 6 heteroatoms. The molecule has 0 saturated carbocycles. The van der Waals surface area contributed by atoms with Crippen molar-refractivity contribution >= 4 is 23.2 Å². The fraction of sp³-hybridized carbons (Fsp3) is 0.467. The predicted octanol–water partition coefficient (Wildman–Crippen LogP) is 1.08. The quantitative estimate of drug-likeness (QED) is 0.655. The van der Waals surface area contributed by atoms with Gasteiger partial charge >= 0.3 is 5.97 Å². The lowest BCUT2D eigenvalue weighted by Crippen LogP contribution is -2.42. The van der Waals surface area contributed by atoms with Crippen LogP contribution in [-0.2, 0) is 9.53 Å². The van der Waals surface area contributed by atoms with Crippen molar-refractivity contribution in [1.29, 1.82) is 0 Å². The Balaban J connectivity index is 2.05. The lowest BCUT2D eigenvalue weighted by Gasteiger charge is -2.31. The second-order valence-corrected chi connectivity index (χ2v) is 5.73. The maximum atomic E-state index is 12.5. The number of thiophene rings is 1. The van der Waals surface area contributed by atoms with Gasteiger partial charge in [0.05, 0.1) is 30.0 Å². The van der Waals surface area contributed by atoms with Gasteiger partial charge < -0.3 is 15.4 Å². The summed E-state index contributed by atoms with van der Waals surface area (Å²) in [6, 6.07) is 1.78. The van der Waals surface area contributed by atoms with E-state index in [9.17, 15) is 9.59 Å². The molecule has 0 radical (unpaired) electrons. The molecule has 1 unspecified atom stereocenters. The number of hydrogen-bond donors (Lipinski definition) is 1. The summed E-state index contributed by atoms with van der Waals surface area (Å²) in [6.07, 6.45) is 1.59. The first-order valence-corrected chi connectivity index (χ1v) is 7.68. The molecule has 0 spiro atoms. The van der Waals surface area contributed by atoms with Crippen LogP contribution in [0, 0.1) is 17.8 Å². The van der Waals surface area contributed by atoms with Crippen molar-refractivity contribution in [2.75, 3.05) is 26.7 Å². The minimum Gasteiger partial charge on any atom is -0.469 e. The van der Waals surface area contributed by atoms with Crippen LogP contribution in [0.25, 0.3) is 0 Å². The molecular weight excluding hydrogens is 288 g/mol. The number of amides is 1. The Morgan fingerprint density at radius 1 is 1.57 bits per heavy atom. The SMILES string of the molecule is COC(=O)C1CCCN(C(=O)c2csc(C#CCN)c2)C1. The number of esters is 1. The van der Waals surface area contributed by atoms with Crippen molar-refractivity contribution in [2.45, 2.75) is 12.8 Å². The molecule has 1 aliphatic heterocycles. The molecule has 2 rings (SSSR count). The molecule has 2 heterocycles. The maximum absolute atomic E-state index is 12.5. The van der Waals surface area contributed by atoms with Gasteiger partial charge in [0.25, 0.3) is 5.91 Å². The van der Waals surface area contributed by atoms with Crippen molar-refractivity contribution in [3.63, 3.8) is 0 Å². The van der Waals surface area contributed by atoms with Crippen LogP contribution in [0.4, 0.5) is 0 Å². The van der Waals surface area contributed by atoms with Crippen LogP contribution >= 0.6 is 11.3 Å². The molecule has 0 aromatic carbocycles. The molecule has 1 aromatic rings. The monoisotopic (exact) mass is 306 g/mol. The van der Waals surface area contributed by atoms with E-state index in [2.05, 4.69) is 11.8 Å². The van der Waals surface area contributed by atoms with Crippen molar-refractivity contribution in [3.05, 3.63) is 21.9 Å². The number of nitrogens with two attached hydrogens (primary N) is 1. The van der Waals surface area contributed by atoms with Crippen molar-refractivity contribution < 1.29 is 14.3 Å². The predicted molar refractivity (Wildman–Crippen MR) is 80.9 cm³/mol. The molecular formula is C15H18N2O3S. The number of piperidine rings is 1. The number of nitrogens with zero attached hydrogens (tertiary/aromatic N) is 1. The van der Waals surface area contributed by atoms with Gasteiger partial charge in [-0.05, 0) is 18.9 Å². The normalized spacial score (nSPS) is 17.8. The molecule has 21 heavy (non-hydrogen) atoms. The van der Waals surface area contributed by atoms with Crippen LogP contribution in [0.5, 0.6) is 0 Å². The lowest BCUT2D eigenvalue weighted by atomic mass is 9.98. The van der Waals surface area contributed by atoms with E-state index < -0.39 is 0 Å². The minimum atomic E-state index is -0.243. The Morgan fingerprint density at radius 2 is 2.38 bits per heavy atom. The van der Waals surface area contributed by atoms with E-state index in [4.69, 9.17) is 10.5 Å². The second-order valence-electron chi connectivity index (χ2n) is 4.82. The Hall–Kier alpha value is -1.84. The van der Waals surface area contributed by atoms with Gasteiger partial charge in [-0.25, -0.2) is 0 Å². The van der Waals surface area contributed by atoms with Crippen LogP contribution in [0.3, 0.4) is 0 Å². The number of carbonyl (C=O) groups excluding carboxylic acids is 2.